The molecule has 2 aromatic rings. The van der Waals surface area contributed by atoms with Crippen LogP contribution in [0.1, 0.15) is 34.0 Å². The molecule has 1 aromatic carbocycles. The van der Waals surface area contributed by atoms with E-state index in [1.807, 2.05) is 35.6 Å². The maximum atomic E-state index is 12.1. The summed E-state index contributed by atoms with van der Waals surface area (Å²) in [4.78, 5) is 16.1. The topological polar surface area (TPSA) is 32.3 Å². The predicted octanol–water partition coefficient (Wildman–Crippen LogP) is 4.12. The monoisotopic (exact) mass is 392 g/mol. The largest absolute Gasteiger partial charge is 0.351 e. The number of piperidine rings is 1. The Morgan fingerprint density at radius 2 is 2.09 bits per heavy atom. The van der Waals surface area contributed by atoms with Crippen LogP contribution in [-0.4, -0.2) is 37.0 Å². The first kappa shape index (κ1) is 16.7. The summed E-state index contributed by atoms with van der Waals surface area (Å²) in [6, 6.07) is 11.9. The van der Waals surface area contributed by atoms with Crippen LogP contribution in [0, 0.1) is 0 Å². The van der Waals surface area contributed by atoms with Crippen molar-refractivity contribution in [2.45, 2.75) is 18.8 Å². The second kappa shape index (κ2) is 8.08. The number of thiophene rings is 1. The number of hydrogen-bond donors (Lipinski definition) is 1. The maximum absolute atomic E-state index is 12.1. The van der Waals surface area contributed by atoms with Crippen molar-refractivity contribution in [3.05, 3.63) is 56.7 Å². The summed E-state index contributed by atoms with van der Waals surface area (Å²) in [6.45, 7) is 3.87. The molecule has 1 aliphatic rings. The normalized spacial score (nSPS) is 16.4. The average Bonchev–Trinajstić information content (AvgIpc) is 3.10. The minimum atomic E-state index is -0.000212. The van der Waals surface area contributed by atoms with Crippen molar-refractivity contribution in [3.63, 3.8) is 0 Å². The molecule has 0 atom stereocenters. The van der Waals surface area contributed by atoms with Crippen molar-refractivity contribution in [2.24, 2.45) is 0 Å². The van der Waals surface area contributed by atoms with Gasteiger partial charge >= 0.3 is 0 Å². The van der Waals surface area contributed by atoms with Gasteiger partial charge in [0.2, 0.25) is 0 Å². The molecule has 3 nitrogen and oxygen atoms in total. The van der Waals surface area contributed by atoms with E-state index < -0.39 is 0 Å². The summed E-state index contributed by atoms with van der Waals surface area (Å²) in [5.74, 6) is 0.724. The fourth-order valence-corrected chi connectivity index (χ4v) is 4.32. The summed E-state index contributed by atoms with van der Waals surface area (Å²) >= 11 is 5.27. The van der Waals surface area contributed by atoms with Crippen LogP contribution in [-0.2, 0) is 0 Å². The highest BCUT2D eigenvalue weighted by Crippen LogP contribution is 2.30. The Balaban J connectivity index is 1.39. The molecular formula is C18H21BrN2OS. The molecule has 1 aliphatic heterocycles. The van der Waals surface area contributed by atoms with Gasteiger partial charge in [0, 0.05) is 28.0 Å². The van der Waals surface area contributed by atoms with Gasteiger partial charge in [0.15, 0.2) is 0 Å². The molecule has 122 valence electrons. The third-order valence-corrected chi connectivity index (χ3v) is 5.86. The van der Waals surface area contributed by atoms with Gasteiger partial charge in [0.1, 0.15) is 0 Å². The van der Waals surface area contributed by atoms with E-state index in [-0.39, 0.29) is 5.91 Å². The van der Waals surface area contributed by atoms with Crippen LogP contribution < -0.4 is 5.32 Å². The molecule has 0 radical (unpaired) electrons. The first-order valence-electron chi connectivity index (χ1n) is 8.02. The number of benzene rings is 1. The van der Waals surface area contributed by atoms with Crippen LogP contribution in [0.2, 0.25) is 0 Å². The Morgan fingerprint density at radius 1 is 1.26 bits per heavy atom. The van der Waals surface area contributed by atoms with Crippen molar-refractivity contribution >= 4 is 33.2 Å². The van der Waals surface area contributed by atoms with Crippen molar-refractivity contribution in [1.82, 2.24) is 10.2 Å². The van der Waals surface area contributed by atoms with Crippen LogP contribution in [0.5, 0.6) is 0 Å². The molecule has 23 heavy (non-hydrogen) atoms. The fraction of sp³-hybridized carbons (Fsp3) is 0.389. The molecule has 2 heterocycles. The van der Waals surface area contributed by atoms with E-state index in [9.17, 15) is 4.79 Å². The molecule has 0 spiro atoms. The molecule has 3 rings (SSSR count). The van der Waals surface area contributed by atoms with E-state index in [4.69, 9.17) is 0 Å². The highest BCUT2D eigenvalue weighted by Gasteiger charge is 2.20. The summed E-state index contributed by atoms with van der Waals surface area (Å²) in [6.07, 6.45) is 2.44. The molecule has 0 aliphatic carbocycles. The minimum Gasteiger partial charge on any atom is -0.351 e. The average molecular weight is 393 g/mol. The number of rotatable bonds is 5. The first-order valence-corrected chi connectivity index (χ1v) is 9.69. The molecule has 1 fully saturated rings. The summed E-state index contributed by atoms with van der Waals surface area (Å²) < 4.78 is 0.931. The number of amides is 1. The van der Waals surface area contributed by atoms with Gasteiger partial charge in [-0.2, -0.15) is 0 Å². The van der Waals surface area contributed by atoms with Crippen LogP contribution in [0.4, 0.5) is 0 Å². The molecule has 0 unspecified atom stereocenters. The maximum Gasteiger partial charge on any atom is 0.251 e. The van der Waals surface area contributed by atoms with Crippen molar-refractivity contribution in [3.8, 4) is 0 Å². The minimum absolute atomic E-state index is 0.000212. The van der Waals surface area contributed by atoms with E-state index >= 15 is 0 Å². The van der Waals surface area contributed by atoms with E-state index in [0.717, 1.165) is 30.0 Å². The van der Waals surface area contributed by atoms with Crippen LogP contribution in [0.25, 0.3) is 0 Å². The Hall–Kier alpha value is -1.17. The molecular weight excluding hydrogens is 372 g/mol. The molecule has 1 N–H and O–H groups in total. The number of halogens is 1. The van der Waals surface area contributed by atoms with Gasteiger partial charge in [0.05, 0.1) is 0 Å². The lowest BCUT2D eigenvalue weighted by Crippen LogP contribution is -2.39. The van der Waals surface area contributed by atoms with Crippen LogP contribution in [0.15, 0.2) is 46.3 Å². The predicted molar refractivity (Wildman–Crippen MR) is 99.2 cm³/mol. The fourth-order valence-electron chi connectivity index (χ4n) is 3.02. The third kappa shape index (κ3) is 4.66. The Labute approximate surface area is 149 Å². The lowest BCUT2D eigenvalue weighted by Gasteiger charge is -2.31. The standard InChI is InChI=1S/C18H21BrN2OS/c19-16-4-1-3-15(13-16)18(22)20-8-11-21-9-6-14(7-10-21)17-5-2-12-23-17/h1-5,12-14H,6-11H2,(H,20,22). The van der Waals surface area contributed by atoms with Gasteiger partial charge in [-0.1, -0.05) is 28.1 Å². The number of hydrogen-bond acceptors (Lipinski definition) is 3. The molecule has 5 heteroatoms. The SMILES string of the molecule is O=C(NCCN1CCC(c2cccs2)CC1)c1cccc(Br)c1. The van der Waals surface area contributed by atoms with Gasteiger partial charge in [-0.05, 0) is 61.5 Å². The Kier molecular flexibility index (Phi) is 5.86. The Morgan fingerprint density at radius 3 is 2.78 bits per heavy atom. The molecule has 1 aromatic heterocycles. The number of nitrogens with zero attached hydrogens (tertiary/aromatic N) is 1. The second-order valence-corrected chi connectivity index (χ2v) is 7.79. The third-order valence-electron chi connectivity index (χ3n) is 4.33. The lowest BCUT2D eigenvalue weighted by molar-refractivity contribution is 0.0946. The van der Waals surface area contributed by atoms with Gasteiger partial charge in [-0.15, -0.1) is 11.3 Å². The van der Waals surface area contributed by atoms with E-state index in [2.05, 4.69) is 43.7 Å². The summed E-state index contributed by atoms with van der Waals surface area (Å²) in [5, 5.41) is 5.18. The van der Waals surface area contributed by atoms with Gasteiger partial charge in [0.25, 0.3) is 5.91 Å². The highest BCUT2D eigenvalue weighted by molar-refractivity contribution is 9.10. The van der Waals surface area contributed by atoms with Gasteiger partial charge in [-0.3, -0.25) is 4.79 Å². The molecule has 1 saturated heterocycles. The van der Waals surface area contributed by atoms with Crippen LogP contribution in [0.3, 0.4) is 0 Å². The highest BCUT2D eigenvalue weighted by atomic mass is 79.9. The number of carbonyl (C=O) groups is 1. The molecule has 0 bridgehead atoms. The number of likely N-dealkylation sites (tertiary alicyclic amines) is 1. The summed E-state index contributed by atoms with van der Waals surface area (Å²) in [5.41, 5.74) is 0.704. The lowest BCUT2D eigenvalue weighted by atomic mass is 9.95. The first-order chi connectivity index (χ1) is 11.2. The van der Waals surface area contributed by atoms with Gasteiger partial charge < -0.3 is 10.2 Å². The zero-order valence-electron chi connectivity index (χ0n) is 13.0. The smallest absolute Gasteiger partial charge is 0.251 e. The van der Waals surface area contributed by atoms with Crippen molar-refractivity contribution < 1.29 is 4.79 Å². The Bertz CT molecular complexity index is 636. The number of nitrogens with one attached hydrogen (secondary N) is 1. The van der Waals surface area contributed by atoms with E-state index in [1.165, 1.54) is 17.7 Å². The van der Waals surface area contributed by atoms with Crippen molar-refractivity contribution in [1.29, 1.82) is 0 Å². The summed E-state index contributed by atoms with van der Waals surface area (Å²) in [7, 11) is 0. The molecule has 1 amide bonds. The van der Waals surface area contributed by atoms with Crippen LogP contribution >= 0.6 is 27.3 Å². The zero-order chi connectivity index (χ0) is 16.1. The van der Waals surface area contributed by atoms with Crippen molar-refractivity contribution in [2.75, 3.05) is 26.2 Å². The number of carbonyl (C=O) groups excluding carboxylic acids is 1. The van der Waals surface area contributed by atoms with Gasteiger partial charge in [-0.25, -0.2) is 0 Å². The van der Waals surface area contributed by atoms with E-state index in [0.29, 0.717) is 12.1 Å². The molecule has 0 saturated carbocycles. The van der Waals surface area contributed by atoms with E-state index in [1.54, 1.807) is 0 Å². The second-order valence-electron chi connectivity index (χ2n) is 5.90. The quantitative estimate of drug-likeness (QED) is 0.829. The zero-order valence-corrected chi connectivity index (χ0v) is 15.4.